The van der Waals surface area contributed by atoms with E-state index in [4.69, 9.17) is 11.6 Å². The topological polar surface area (TPSA) is 90.0 Å². The number of nitrogens with zero attached hydrogens (tertiary/aromatic N) is 3. The zero-order chi connectivity index (χ0) is 25.5. The number of carbonyl (C=O) groups excluding carboxylic acids is 2. The summed E-state index contributed by atoms with van der Waals surface area (Å²) in [6.45, 7) is 5.14. The van der Waals surface area contributed by atoms with E-state index in [2.05, 4.69) is 5.32 Å². The molecule has 0 bridgehead atoms. The summed E-state index contributed by atoms with van der Waals surface area (Å²) in [7, 11) is -1.15. The highest BCUT2D eigenvalue weighted by molar-refractivity contribution is 7.90. The van der Waals surface area contributed by atoms with Crippen molar-refractivity contribution in [3.63, 3.8) is 0 Å². The maximum Gasteiger partial charge on any atom is 0.304 e. The molecule has 186 valence electrons. The van der Waals surface area contributed by atoms with E-state index in [1.165, 1.54) is 19.0 Å². The lowest BCUT2D eigenvalue weighted by atomic mass is 10.1. The molecule has 1 N–H and O–H groups in total. The number of hydrogen-bond donors (Lipinski definition) is 1. The summed E-state index contributed by atoms with van der Waals surface area (Å²) >= 11 is 5.99. The van der Waals surface area contributed by atoms with Crippen LogP contribution in [0.5, 0.6) is 0 Å². The van der Waals surface area contributed by atoms with Gasteiger partial charge in [-0.1, -0.05) is 48.9 Å². The summed E-state index contributed by atoms with van der Waals surface area (Å²) < 4.78 is 28.2. The van der Waals surface area contributed by atoms with E-state index in [1.807, 2.05) is 13.8 Å². The van der Waals surface area contributed by atoms with Gasteiger partial charge in [0.1, 0.15) is 12.6 Å². The Morgan fingerprint density at radius 2 is 1.59 bits per heavy atom. The van der Waals surface area contributed by atoms with Gasteiger partial charge in [0.25, 0.3) is 0 Å². The predicted octanol–water partition coefficient (Wildman–Crippen LogP) is 3.28. The molecule has 2 rings (SSSR count). The van der Waals surface area contributed by atoms with Crippen LogP contribution in [0.15, 0.2) is 54.6 Å². The monoisotopic (exact) mass is 508 g/mol. The van der Waals surface area contributed by atoms with Gasteiger partial charge in [-0.2, -0.15) is 12.7 Å². The van der Waals surface area contributed by atoms with Crippen molar-refractivity contribution in [2.24, 2.45) is 0 Å². The molecule has 0 aromatic heterocycles. The normalized spacial score (nSPS) is 13.3. The van der Waals surface area contributed by atoms with E-state index in [9.17, 15) is 18.0 Å². The number of carbonyl (C=O) groups is 2. The molecule has 0 aliphatic rings. The van der Waals surface area contributed by atoms with Gasteiger partial charge in [-0.15, -0.1) is 0 Å². The molecule has 0 heterocycles. The first kappa shape index (κ1) is 27.6. The molecule has 10 heteroatoms. The van der Waals surface area contributed by atoms with Crippen LogP contribution in [-0.4, -0.2) is 62.2 Å². The molecule has 0 fully saturated rings. The second-order valence-corrected chi connectivity index (χ2v) is 10.8. The van der Waals surface area contributed by atoms with Crippen LogP contribution in [-0.2, 0) is 26.3 Å². The van der Waals surface area contributed by atoms with Crippen LogP contribution < -0.4 is 9.62 Å². The average Bonchev–Trinajstić information content (AvgIpc) is 2.81. The molecule has 34 heavy (non-hydrogen) atoms. The minimum absolute atomic E-state index is 0.0580. The lowest BCUT2D eigenvalue weighted by molar-refractivity contribution is -0.139. The van der Waals surface area contributed by atoms with Crippen LogP contribution >= 0.6 is 11.6 Å². The number of rotatable bonds is 11. The van der Waals surface area contributed by atoms with Gasteiger partial charge in [-0.25, -0.2) is 4.31 Å². The number of halogens is 1. The van der Waals surface area contributed by atoms with Crippen LogP contribution in [0.3, 0.4) is 0 Å². The third kappa shape index (κ3) is 7.19. The fourth-order valence-electron chi connectivity index (χ4n) is 3.15. The Bertz CT molecular complexity index is 1060. The Kier molecular flexibility index (Phi) is 9.90. The zero-order valence-electron chi connectivity index (χ0n) is 20.2. The molecule has 0 unspecified atom stereocenters. The molecule has 0 spiro atoms. The van der Waals surface area contributed by atoms with Gasteiger partial charge in [0, 0.05) is 31.7 Å². The van der Waals surface area contributed by atoms with Gasteiger partial charge in [0.15, 0.2) is 0 Å². The van der Waals surface area contributed by atoms with Gasteiger partial charge in [-0.3, -0.25) is 9.59 Å². The van der Waals surface area contributed by atoms with Crippen molar-refractivity contribution in [2.45, 2.75) is 45.8 Å². The molecule has 0 saturated carbocycles. The fourth-order valence-corrected chi connectivity index (χ4v) is 4.33. The summed E-state index contributed by atoms with van der Waals surface area (Å²) in [6.07, 6.45) is 0.743. The molecular formula is C24H33ClN4O4S. The zero-order valence-corrected chi connectivity index (χ0v) is 21.8. The summed E-state index contributed by atoms with van der Waals surface area (Å²) in [5, 5.41) is 3.45. The first-order chi connectivity index (χ1) is 16.0. The van der Waals surface area contributed by atoms with Crippen LogP contribution in [0.1, 0.15) is 32.8 Å². The van der Waals surface area contributed by atoms with Crippen LogP contribution in [0, 0.1) is 0 Å². The maximum atomic E-state index is 13.6. The van der Waals surface area contributed by atoms with Crippen molar-refractivity contribution >= 4 is 39.3 Å². The second kappa shape index (κ2) is 12.2. The molecule has 2 aromatic rings. The summed E-state index contributed by atoms with van der Waals surface area (Å²) in [5.41, 5.74) is 1.12. The quantitative estimate of drug-likeness (QED) is 0.504. The van der Waals surface area contributed by atoms with Crippen molar-refractivity contribution in [1.82, 2.24) is 14.5 Å². The standard InChI is InChI=1S/C24H33ClN4O4S/c1-6-18(2)26-24(31)19(3)28(16-20-12-14-21(25)15-13-20)23(30)17-29(34(32,33)27(4)5)22-10-8-7-9-11-22/h7-15,18-19H,6,16-17H2,1-5H3,(H,26,31)/t18-,19-/m0/s1. The van der Waals surface area contributed by atoms with E-state index in [0.29, 0.717) is 10.7 Å². The Morgan fingerprint density at radius 1 is 1.00 bits per heavy atom. The average molecular weight is 509 g/mol. The predicted molar refractivity (Wildman–Crippen MR) is 136 cm³/mol. The van der Waals surface area contributed by atoms with Gasteiger partial charge in [-0.05, 0) is 50.1 Å². The highest BCUT2D eigenvalue weighted by atomic mass is 35.5. The van der Waals surface area contributed by atoms with Gasteiger partial charge in [0.05, 0.1) is 5.69 Å². The van der Waals surface area contributed by atoms with Gasteiger partial charge < -0.3 is 10.2 Å². The second-order valence-electron chi connectivity index (χ2n) is 8.27. The smallest absolute Gasteiger partial charge is 0.304 e. The van der Waals surface area contributed by atoms with Crippen LogP contribution in [0.25, 0.3) is 0 Å². The number of para-hydroxylation sites is 1. The minimum atomic E-state index is -3.97. The minimum Gasteiger partial charge on any atom is -0.352 e. The van der Waals surface area contributed by atoms with E-state index < -0.39 is 28.7 Å². The van der Waals surface area contributed by atoms with Crippen molar-refractivity contribution in [3.8, 4) is 0 Å². The maximum absolute atomic E-state index is 13.6. The fraction of sp³-hybridized carbons (Fsp3) is 0.417. The van der Waals surface area contributed by atoms with E-state index >= 15 is 0 Å². The summed E-state index contributed by atoms with van der Waals surface area (Å²) in [6, 6.07) is 14.5. The number of nitrogens with one attached hydrogen (secondary N) is 1. The molecule has 2 amide bonds. The van der Waals surface area contributed by atoms with Crippen molar-refractivity contribution in [2.75, 3.05) is 24.9 Å². The first-order valence-corrected chi connectivity index (χ1v) is 12.8. The van der Waals surface area contributed by atoms with Crippen molar-refractivity contribution in [1.29, 1.82) is 0 Å². The number of hydrogen-bond acceptors (Lipinski definition) is 4. The van der Waals surface area contributed by atoms with Crippen LogP contribution in [0.4, 0.5) is 5.69 Å². The number of anilines is 1. The SMILES string of the molecule is CC[C@H](C)NC(=O)[C@H](C)N(Cc1ccc(Cl)cc1)C(=O)CN(c1ccccc1)S(=O)(=O)N(C)C. The van der Waals surface area contributed by atoms with Crippen molar-refractivity contribution < 1.29 is 18.0 Å². The Labute approximate surface area is 207 Å². The lowest BCUT2D eigenvalue weighted by Crippen LogP contribution is -2.53. The Hall–Kier alpha value is -2.62. The molecule has 2 atom stereocenters. The molecule has 0 saturated heterocycles. The molecule has 0 aliphatic heterocycles. The van der Waals surface area contributed by atoms with E-state index in [-0.39, 0.29) is 18.5 Å². The molecule has 8 nitrogen and oxygen atoms in total. The third-order valence-corrected chi connectivity index (χ3v) is 7.57. The van der Waals surface area contributed by atoms with Gasteiger partial charge in [0.2, 0.25) is 11.8 Å². The van der Waals surface area contributed by atoms with E-state index in [0.717, 1.165) is 20.6 Å². The van der Waals surface area contributed by atoms with Crippen molar-refractivity contribution in [3.05, 3.63) is 65.2 Å². The number of amides is 2. The Morgan fingerprint density at radius 3 is 2.12 bits per heavy atom. The van der Waals surface area contributed by atoms with E-state index in [1.54, 1.807) is 61.5 Å². The first-order valence-electron chi connectivity index (χ1n) is 11.1. The molecule has 2 aromatic carbocycles. The highest BCUT2D eigenvalue weighted by Crippen LogP contribution is 2.21. The highest BCUT2D eigenvalue weighted by Gasteiger charge is 2.32. The summed E-state index contributed by atoms with van der Waals surface area (Å²) in [5.74, 6) is -0.811. The van der Waals surface area contributed by atoms with Crippen LogP contribution in [0.2, 0.25) is 5.02 Å². The molecule has 0 aliphatic carbocycles. The molecular weight excluding hydrogens is 476 g/mol. The lowest BCUT2D eigenvalue weighted by Gasteiger charge is -2.33. The third-order valence-electron chi connectivity index (χ3n) is 5.50. The largest absolute Gasteiger partial charge is 0.352 e. The summed E-state index contributed by atoms with van der Waals surface area (Å²) in [4.78, 5) is 27.9. The number of benzene rings is 2. The Balaban J connectivity index is 2.41. The molecule has 0 radical (unpaired) electrons. The van der Waals surface area contributed by atoms with Gasteiger partial charge >= 0.3 is 10.2 Å².